The van der Waals surface area contributed by atoms with Crippen molar-refractivity contribution in [2.75, 3.05) is 13.1 Å². The number of nitrogens with one attached hydrogen (secondary N) is 2. The van der Waals surface area contributed by atoms with E-state index in [2.05, 4.69) is 17.6 Å². The lowest BCUT2D eigenvalue weighted by molar-refractivity contribution is -0.143. The molecular formula is C27H44N4O5. The van der Waals surface area contributed by atoms with E-state index in [1.54, 1.807) is 26.8 Å². The lowest BCUT2D eigenvalue weighted by Gasteiger charge is -2.34. The van der Waals surface area contributed by atoms with Gasteiger partial charge in [-0.1, -0.05) is 62.9 Å². The molecule has 0 heterocycles. The minimum atomic E-state index is -1.27. The number of alkyl carbamates (subject to hydrolysis) is 1. The maximum absolute atomic E-state index is 13.8. The monoisotopic (exact) mass is 504 g/mol. The molecule has 9 nitrogen and oxygen atoms in total. The number of benzene rings is 1. The topological polar surface area (TPSA) is 131 Å². The second-order valence-corrected chi connectivity index (χ2v) is 10.1. The first-order valence-corrected chi connectivity index (χ1v) is 12.8. The number of amides is 4. The van der Waals surface area contributed by atoms with Crippen LogP contribution in [0.15, 0.2) is 24.3 Å². The predicted molar refractivity (Wildman–Crippen MR) is 140 cm³/mol. The highest BCUT2D eigenvalue weighted by atomic mass is 16.6. The van der Waals surface area contributed by atoms with E-state index in [9.17, 15) is 19.2 Å². The van der Waals surface area contributed by atoms with Crippen LogP contribution in [0.3, 0.4) is 0 Å². The van der Waals surface area contributed by atoms with Crippen molar-refractivity contribution < 1.29 is 23.9 Å². The number of unbranched alkanes of at least 4 members (excludes halogenated alkanes) is 3. The Kier molecular flexibility index (Phi) is 13.0. The molecule has 0 fully saturated rings. The van der Waals surface area contributed by atoms with Crippen LogP contribution in [0.1, 0.15) is 90.3 Å². The summed E-state index contributed by atoms with van der Waals surface area (Å²) in [6, 6.07) is 5.23. The molecular weight excluding hydrogens is 460 g/mol. The third kappa shape index (κ3) is 11.1. The molecule has 1 aromatic rings. The highest BCUT2D eigenvalue weighted by Crippen LogP contribution is 2.25. The van der Waals surface area contributed by atoms with E-state index in [4.69, 9.17) is 10.5 Å². The highest BCUT2D eigenvalue weighted by Gasteiger charge is 2.36. The number of primary amides is 1. The van der Waals surface area contributed by atoms with Crippen LogP contribution in [0, 0.1) is 6.92 Å². The van der Waals surface area contributed by atoms with Crippen molar-refractivity contribution in [2.24, 2.45) is 5.73 Å². The molecule has 4 amide bonds. The molecule has 9 heteroatoms. The van der Waals surface area contributed by atoms with Crippen molar-refractivity contribution in [1.82, 2.24) is 15.5 Å². The molecule has 0 saturated heterocycles. The summed E-state index contributed by atoms with van der Waals surface area (Å²) in [5.74, 6) is -1.63. The van der Waals surface area contributed by atoms with Crippen molar-refractivity contribution in [3.8, 4) is 0 Å². The van der Waals surface area contributed by atoms with Crippen molar-refractivity contribution in [2.45, 2.75) is 97.8 Å². The van der Waals surface area contributed by atoms with E-state index in [0.717, 1.165) is 31.2 Å². The Morgan fingerprint density at radius 1 is 1.06 bits per heavy atom. The maximum Gasteiger partial charge on any atom is 0.408 e. The van der Waals surface area contributed by atoms with Crippen molar-refractivity contribution in [3.63, 3.8) is 0 Å². The van der Waals surface area contributed by atoms with Crippen LogP contribution in [0.5, 0.6) is 0 Å². The Morgan fingerprint density at radius 3 is 2.28 bits per heavy atom. The fraction of sp³-hybridized carbons (Fsp3) is 0.630. The van der Waals surface area contributed by atoms with Crippen LogP contribution in [0.25, 0.3) is 0 Å². The number of hydrogen-bond acceptors (Lipinski definition) is 5. The lowest BCUT2D eigenvalue weighted by atomic mass is 9.99. The van der Waals surface area contributed by atoms with Crippen molar-refractivity contribution >= 4 is 23.8 Å². The van der Waals surface area contributed by atoms with Gasteiger partial charge in [0.1, 0.15) is 17.7 Å². The summed E-state index contributed by atoms with van der Waals surface area (Å²) in [7, 11) is 0. The number of carbonyl (C=O) groups is 4. The first-order chi connectivity index (χ1) is 16.9. The van der Waals surface area contributed by atoms with Gasteiger partial charge in [-0.25, -0.2) is 4.79 Å². The van der Waals surface area contributed by atoms with E-state index in [0.29, 0.717) is 18.5 Å². The maximum atomic E-state index is 13.8. The molecule has 36 heavy (non-hydrogen) atoms. The molecule has 0 saturated carbocycles. The van der Waals surface area contributed by atoms with E-state index in [1.165, 1.54) is 4.90 Å². The van der Waals surface area contributed by atoms with Gasteiger partial charge in [0, 0.05) is 13.1 Å². The van der Waals surface area contributed by atoms with Crippen LogP contribution < -0.4 is 16.4 Å². The summed E-state index contributed by atoms with van der Waals surface area (Å²) >= 11 is 0. The van der Waals surface area contributed by atoms with E-state index >= 15 is 0 Å². The summed E-state index contributed by atoms with van der Waals surface area (Å²) < 4.78 is 5.29. The summed E-state index contributed by atoms with van der Waals surface area (Å²) in [6.07, 6.45) is 2.98. The largest absolute Gasteiger partial charge is 0.444 e. The molecule has 1 rings (SSSR count). The van der Waals surface area contributed by atoms with Gasteiger partial charge in [-0.2, -0.15) is 0 Å². The number of carbonyl (C=O) groups excluding carboxylic acids is 4. The minimum Gasteiger partial charge on any atom is -0.444 e. The molecule has 1 aromatic carbocycles. The van der Waals surface area contributed by atoms with Gasteiger partial charge in [-0.05, 0) is 46.1 Å². The summed E-state index contributed by atoms with van der Waals surface area (Å²) in [6.45, 7) is 11.8. The van der Waals surface area contributed by atoms with Crippen LogP contribution in [-0.4, -0.2) is 53.4 Å². The van der Waals surface area contributed by atoms with Gasteiger partial charge in [0.05, 0.1) is 6.42 Å². The SMILES string of the molecule is CCCCCNC(=O)C(c1cccc(C)c1)N(CCCC)C(=O)C(CC(N)=O)NC(=O)OC(C)(C)C. The first-order valence-electron chi connectivity index (χ1n) is 12.8. The number of aryl methyl sites for hydroxylation is 1. The fourth-order valence-electron chi connectivity index (χ4n) is 3.74. The number of nitrogens with zero attached hydrogens (tertiary/aromatic N) is 1. The van der Waals surface area contributed by atoms with E-state index in [-0.39, 0.29) is 12.5 Å². The van der Waals surface area contributed by atoms with Gasteiger partial charge in [0.15, 0.2) is 0 Å². The molecule has 0 aliphatic heterocycles. The molecule has 202 valence electrons. The molecule has 0 aliphatic rings. The minimum absolute atomic E-state index is 0.265. The Labute approximate surface area is 215 Å². The number of nitrogens with two attached hydrogens (primary N) is 1. The molecule has 0 spiro atoms. The van der Waals surface area contributed by atoms with E-state index < -0.39 is 42.0 Å². The standard InChI is InChI=1S/C27H44N4O5/c1-7-9-11-15-29-24(33)23(20-14-12-13-19(3)17-20)31(16-10-8-2)25(34)21(18-22(28)32)30-26(35)36-27(4,5)6/h12-14,17,21,23H,7-11,15-16,18H2,1-6H3,(H2,28,32)(H,29,33)(H,30,35). The Bertz CT molecular complexity index is 881. The number of rotatable bonds is 14. The molecule has 2 unspecified atom stereocenters. The average molecular weight is 505 g/mol. The second-order valence-electron chi connectivity index (χ2n) is 10.1. The van der Waals surface area contributed by atoms with Gasteiger partial charge >= 0.3 is 6.09 Å². The normalized spacial score (nSPS) is 12.8. The van der Waals surface area contributed by atoms with Gasteiger partial charge < -0.3 is 26.0 Å². The average Bonchev–Trinajstić information content (AvgIpc) is 2.77. The first kappa shape index (κ1) is 30.9. The zero-order valence-corrected chi connectivity index (χ0v) is 22.7. The molecule has 0 aliphatic carbocycles. The molecule has 0 radical (unpaired) electrons. The smallest absolute Gasteiger partial charge is 0.408 e. The third-order valence-electron chi connectivity index (χ3n) is 5.43. The summed E-state index contributed by atoms with van der Waals surface area (Å²) in [5.41, 5.74) is 6.22. The van der Waals surface area contributed by atoms with Crippen LogP contribution in [0.4, 0.5) is 4.79 Å². The molecule has 2 atom stereocenters. The zero-order chi connectivity index (χ0) is 27.3. The quantitative estimate of drug-likeness (QED) is 0.332. The van der Waals surface area contributed by atoms with Crippen molar-refractivity contribution in [1.29, 1.82) is 0 Å². The van der Waals surface area contributed by atoms with Crippen LogP contribution >= 0.6 is 0 Å². The molecule has 0 aromatic heterocycles. The van der Waals surface area contributed by atoms with Gasteiger partial charge in [0.2, 0.25) is 17.7 Å². The lowest BCUT2D eigenvalue weighted by Crippen LogP contribution is -2.54. The number of ether oxygens (including phenoxy) is 1. The van der Waals surface area contributed by atoms with Crippen molar-refractivity contribution in [3.05, 3.63) is 35.4 Å². The highest BCUT2D eigenvalue weighted by molar-refractivity contribution is 5.94. The zero-order valence-electron chi connectivity index (χ0n) is 22.7. The molecule has 4 N–H and O–H groups in total. The van der Waals surface area contributed by atoms with Crippen LogP contribution in [-0.2, 0) is 19.1 Å². The third-order valence-corrected chi connectivity index (χ3v) is 5.43. The van der Waals surface area contributed by atoms with Gasteiger partial charge in [-0.3, -0.25) is 14.4 Å². The van der Waals surface area contributed by atoms with E-state index in [1.807, 2.05) is 32.0 Å². The Hall–Kier alpha value is -3.10. The second kappa shape index (κ2) is 15.1. The summed E-state index contributed by atoms with van der Waals surface area (Å²) in [5, 5.41) is 5.46. The fourth-order valence-corrected chi connectivity index (χ4v) is 3.74. The van der Waals surface area contributed by atoms with Gasteiger partial charge in [0.25, 0.3) is 0 Å². The molecule has 0 bridgehead atoms. The van der Waals surface area contributed by atoms with Gasteiger partial charge in [-0.15, -0.1) is 0 Å². The number of hydrogen-bond donors (Lipinski definition) is 3. The Balaban J connectivity index is 3.40. The Morgan fingerprint density at radius 2 is 1.72 bits per heavy atom. The van der Waals surface area contributed by atoms with Crippen LogP contribution in [0.2, 0.25) is 0 Å². The predicted octanol–water partition coefficient (Wildman–Crippen LogP) is 3.74. The summed E-state index contributed by atoms with van der Waals surface area (Å²) in [4.78, 5) is 53.0.